The average Bonchev–Trinajstić information content (AvgIpc) is 1.91. The van der Waals surface area contributed by atoms with E-state index in [1.54, 1.807) is 0 Å². The van der Waals surface area contributed by atoms with Crippen LogP contribution < -0.4 is 4.99 Å². The van der Waals surface area contributed by atoms with E-state index in [-0.39, 0.29) is 0 Å². The minimum absolute atomic E-state index is 1.10. The van der Waals surface area contributed by atoms with E-state index in [4.69, 9.17) is 0 Å². The first-order valence-electron chi connectivity index (χ1n) is 3.33. The van der Waals surface area contributed by atoms with Gasteiger partial charge >= 0.3 is 0 Å². The summed E-state index contributed by atoms with van der Waals surface area (Å²) in [5.74, 6) is 0. The molecule has 1 aliphatic heterocycles. The Bertz CT molecular complexity index is 163. The Balaban J connectivity index is 2.51. The molecule has 0 aromatic carbocycles. The van der Waals surface area contributed by atoms with Crippen LogP contribution in [0.5, 0.6) is 0 Å². The van der Waals surface area contributed by atoms with Gasteiger partial charge in [0.15, 0.2) is 0 Å². The van der Waals surface area contributed by atoms with E-state index < -0.39 is 0 Å². The Morgan fingerprint density at radius 1 is 1.44 bits per heavy atom. The number of nitrogens with zero attached hydrogens (tertiary/aromatic N) is 1. The molecule has 1 heterocycles. The maximum absolute atomic E-state index is 4.17. The lowest BCUT2D eigenvalue weighted by molar-refractivity contribution is 0.870. The second-order valence-corrected chi connectivity index (χ2v) is 2.07. The molecular weight excluding hydrogens is 110 g/mol. The van der Waals surface area contributed by atoms with Crippen LogP contribution in [0.4, 0.5) is 0 Å². The molecule has 0 amide bonds. The Labute approximate surface area is 55.8 Å². The Hall–Kier alpha value is -0.850. The van der Waals surface area contributed by atoms with Gasteiger partial charge in [-0.15, -0.1) is 0 Å². The first-order chi connectivity index (χ1) is 4.43. The molecule has 1 nitrogen and oxygen atoms in total. The predicted octanol–water partition coefficient (Wildman–Crippen LogP) is 1.65. The fourth-order valence-electron chi connectivity index (χ4n) is 0.802. The van der Waals surface area contributed by atoms with Gasteiger partial charge in [0.2, 0.25) is 6.21 Å². The second kappa shape index (κ2) is 3.23. The summed E-state index contributed by atoms with van der Waals surface area (Å²) in [5.41, 5.74) is 1.19. The summed E-state index contributed by atoms with van der Waals surface area (Å²) >= 11 is 0. The lowest BCUT2D eigenvalue weighted by atomic mass is 10.2. The van der Waals surface area contributed by atoms with Gasteiger partial charge in [-0.05, 0) is 12.5 Å². The number of aliphatic imine (C=N–C) groups is 1. The van der Waals surface area contributed by atoms with Gasteiger partial charge in [0.25, 0.3) is 5.70 Å². The number of allylic oxidation sites excluding steroid dienone is 4. The van der Waals surface area contributed by atoms with Crippen LogP contribution in [0.15, 0.2) is 23.9 Å². The molecule has 0 saturated carbocycles. The van der Waals surface area contributed by atoms with E-state index in [1.807, 2.05) is 18.4 Å². The normalized spacial score (nSPS) is 15.9. The molecule has 0 aliphatic carbocycles. The lowest BCUT2D eigenvalue weighted by Crippen LogP contribution is -1.94. The van der Waals surface area contributed by atoms with Crippen molar-refractivity contribution in [3.63, 3.8) is 0 Å². The van der Waals surface area contributed by atoms with Gasteiger partial charge in [0.1, 0.15) is 0 Å². The molecule has 1 heteroatoms. The van der Waals surface area contributed by atoms with Crippen LogP contribution >= 0.6 is 0 Å². The van der Waals surface area contributed by atoms with Gasteiger partial charge in [-0.3, -0.25) is 0 Å². The molecule has 1 radical (unpaired) electrons. The first kappa shape index (κ1) is 6.27. The molecular formula is C8H11N+. The van der Waals surface area contributed by atoms with E-state index in [0.717, 1.165) is 6.42 Å². The van der Waals surface area contributed by atoms with Crippen molar-refractivity contribution in [1.29, 1.82) is 0 Å². The maximum atomic E-state index is 4.17. The minimum Gasteiger partial charge on any atom is -0.0648 e. The van der Waals surface area contributed by atoms with Crippen molar-refractivity contribution in [3.05, 3.63) is 23.9 Å². The molecule has 0 fully saturated rings. The van der Waals surface area contributed by atoms with Crippen molar-refractivity contribution in [2.45, 2.75) is 19.8 Å². The molecule has 1 aliphatic rings. The van der Waals surface area contributed by atoms with Crippen LogP contribution in [0.3, 0.4) is 0 Å². The highest BCUT2D eigenvalue weighted by atomic mass is 14.7. The van der Waals surface area contributed by atoms with E-state index in [1.165, 1.54) is 12.1 Å². The summed E-state index contributed by atoms with van der Waals surface area (Å²) in [5, 5.41) is 0. The molecule has 9 heavy (non-hydrogen) atoms. The van der Waals surface area contributed by atoms with Crippen LogP contribution in [0, 0.1) is 0 Å². The topological polar surface area (TPSA) is 14.1 Å². The van der Waals surface area contributed by atoms with Crippen LogP contribution in [0.2, 0.25) is 0 Å². The summed E-state index contributed by atoms with van der Waals surface area (Å²) in [4.78, 5) is 4.17. The maximum Gasteiger partial charge on any atom is 0.253 e. The highest BCUT2D eigenvalue weighted by Gasteiger charge is 2.04. The van der Waals surface area contributed by atoms with E-state index in [2.05, 4.69) is 18.0 Å². The molecule has 0 aromatic rings. The SMILES string of the molecule is CCCC1=CC=CC=[N+]1. The zero-order chi connectivity index (χ0) is 6.53. The summed E-state index contributed by atoms with van der Waals surface area (Å²) in [7, 11) is 0. The molecule has 0 aromatic heterocycles. The average molecular weight is 121 g/mol. The molecule has 0 N–H and O–H groups in total. The lowest BCUT2D eigenvalue weighted by Gasteiger charge is -1.85. The molecule has 0 bridgehead atoms. The zero-order valence-corrected chi connectivity index (χ0v) is 5.67. The molecule has 1 rings (SSSR count). The third-order valence-electron chi connectivity index (χ3n) is 1.23. The van der Waals surface area contributed by atoms with Crippen LogP contribution in [-0.2, 0) is 0 Å². The predicted molar refractivity (Wildman–Crippen MR) is 40.3 cm³/mol. The van der Waals surface area contributed by atoms with Crippen LogP contribution in [0.25, 0.3) is 0 Å². The first-order valence-corrected chi connectivity index (χ1v) is 3.33. The fourth-order valence-corrected chi connectivity index (χ4v) is 0.802. The summed E-state index contributed by atoms with van der Waals surface area (Å²) in [6.45, 7) is 2.16. The van der Waals surface area contributed by atoms with Gasteiger partial charge in [-0.2, -0.15) is 0 Å². The highest BCUT2D eigenvalue weighted by molar-refractivity contribution is 5.72. The molecule has 47 valence electrons. The quantitative estimate of drug-likeness (QED) is 0.527. The van der Waals surface area contributed by atoms with Crippen molar-refractivity contribution in [2.75, 3.05) is 0 Å². The highest BCUT2D eigenvalue weighted by Crippen LogP contribution is 2.01. The summed E-state index contributed by atoms with van der Waals surface area (Å²) < 4.78 is 0. The van der Waals surface area contributed by atoms with Gasteiger partial charge in [-0.25, -0.2) is 0 Å². The van der Waals surface area contributed by atoms with Crippen LogP contribution in [-0.4, -0.2) is 6.21 Å². The van der Waals surface area contributed by atoms with Crippen molar-refractivity contribution in [2.24, 2.45) is 0 Å². The monoisotopic (exact) mass is 121 g/mol. The van der Waals surface area contributed by atoms with Crippen molar-refractivity contribution in [1.82, 2.24) is 4.99 Å². The summed E-state index contributed by atoms with van der Waals surface area (Å²) in [6.07, 6.45) is 10.1. The zero-order valence-electron chi connectivity index (χ0n) is 5.67. The van der Waals surface area contributed by atoms with E-state index in [0.29, 0.717) is 0 Å². The molecule has 0 unspecified atom stereocenters. The third kappa shape index (κ3) is 1.84. The molecule has 0 atom stereocenters. The Morgan fingerprint density at radius 3 is 2.89 bits per heavy atom. The van der Waals surface area contributed by atoms with Gasteiger partial charge in [0.05, 0.1) is 4.99 Å². The standard InChI is InChI=1S/C8H11N/c1-2-5-8-6-3-4-7-9-8/h3-4,6-7H,2,5H2,1H3/q+1. The van der Waals surface area contributed by atoms with E-state index in [9.17, 15) is 0 Å². The molecule has 0 saturated heterocycles. The fraction of sp³-hybridized carbons (Fsp3) is 0.375. The van der Waals surface area contributed by atoms with Gasteiger partial charge < -0.3 is 0 Å². The van der Waals surface area contributed by atoms with Crippen molar-refractivity contribution >= 4 is 6.21 Å². The third-order valence-corrected chi connectivity index (χ3v) is 1.23. The smallest absolute Gasteiger partial charge is 0.0648 e. The molecule has 0 spiro atoms. The number of hydrogen-bond acceptors (Lipinski definition) is 1. The Kier molecular flexibility index (Phi) is 2.25. The number of hydrogen-bond donors (Lipinski definition) is 0. The van der Waals surface area contributed by atoms with Gasteiger partial charge in [-0.1, -0.05) is 6.92 Å². The minimum atomic E-state index is 1.10. The largest absolute Gasteiger partial charge is 0.253 e. The second-order valence-electron chi connectivity index (χ2n) is 2.07. The van der Waals surface area contributed by atoms with Gasteiger partial charge in [0, 0.05) is 18.6 Å². The van der Waals surface area contributed by atoms with Crippen molar-refractivity contribution < 1.29 is 0 Å². The summed E-state index contributed by atoms with van der Waals surface area (Å²) in [6, 6.07) is 0. The van der Waals surface area contributed by atoms with E-state index >= 15 is 0 Å². The van der Waals surface area contributed by atoms with Crippen LogP contribution in [0.1, 0.15) is 19.8 Å². The van der Waals surface area contributed by atoms with Crippen molar-refractivity contribution in [3.8, 4) is 0 Å². The number of rotatable bonds is 2. The Morgan fingerprint density at radius 2 is 2.33 bits per heavy atom.